The Hall–Kier alpha value is -2.10. The summed E-state index contributed by atoms with van der Waals surface area (Å²) in [7, 11) is 0. The third-order valence-electron chi connectivity index (χ3n) is 2.88. The highest BCUT2D eigenvalue weighted by atomic mass is 16.1. The van der Waals surface area contributed by atoms with Crippen LogP contribution >= 0.6 is 0 Å². The van der Waals surface area contributed by atoms with Gasteiger partial charge in [-0.25, -0.2) is 4.98 Å². The van der Waals surface area contributed by atoms with Crippen LogP contribution in [0.15, 0.2) is 36.8 Å². The highest BCUT2D eigenvalue weighted by Gasteiger charge is 2.02. The van der Waals surface area contributed by atoms with Crippen molar-refractivity contribution in [3.05, 3.63) is 53.6 Å². The molecule has 0 unspecified atom stereocenters. The molecule has 0 saturated carbocycles. The van der Waals surface area contributed by atoms with Gasteiger partial charge in [0.25, 0.3) is 0 Å². The van der Waals surface area contributed by atoms with Crippen molar-refractivity contribution in [2.75, 3.05) is 6.54 Å². The number of nitrogens with zero attached hydrogens (tertiary/aromatic N) is 2. The first-order chi connectivity index (χ1) is 8.79. The lowest BCUT2D eigenvalue weighted by atomic mass is 10.1. The standard InChI is InChI=1S/C14H17N3O/c1-12-2-4-13(5-3-12)9-17-10-16-8-14(17)6-7-15-11-18/h2-5,8,10-11H,6-7,9H2,1H3,(H,15,18). The summed E-state index contributed by atoms with van der Waals surface area (Å²) >= 11 is 0. The van der Waals surface area contributed by atoms with E-state index in [4.69, 9.17) is 0 Å². The zero-order valence-electron chi connectivity index (χ0n) is 10.5. The van der Waals surface area contributed by atoms with Crippen LogP contribution in [0.25, 0.3) is 0 Å². The lowest BCUT2D eigenvalue weighted by molar-refractivity contribution is -0.109. The van der Waals surface area contributed by atoms with Crippen LogP contribution in [-0.2, 0) is 17.8 Å². The second kappa shape index (κ2) is 6.00. The Balaban J connectivity index is 2.02. The van der Waals surface area contributed by atoms with Crippen LogP contribution in [0.1, 0.15) is 16.8 Å². The minimum Gasteiger partial charge on any atom is -0.358 e. The average molecular weight is 243 g/mol. The fraction of sp³-hybridized carbons (Fsp3) is 0.286. The van der Waals surface area contributed by atoms with Gasteiger partial charge in [0.15, 0.2) is 0 Å². The predicted molar refractivity (Wildman–Crippen MR) is 70.3 cm³/mol. The summed E-state index contributed by atoms with van der Waals surface area (Å²) in [6.07, 6.45) is 5.20. The zero-order valence-corrected chi connectivity index (χ0v) is 10.5. The van der Waals surface area contributed by atoms with Crippen molar-refractivity contribution in [2.45, 2.75) is 19.9 Å². The van der Waals surface area contributed by atoms with Crippen molar-refractivity contribution in [1.29, 1.82) is 0 Å². The van der Waals surface area contributed by atoms with E-state index in [1.807, 2.05) is 12.5 Å². The van der Waals surface area contributed by atoms with Crippen LogP contribution < -0.4 is 5.32 Å². The summed E-state index contributed by atoms with van der Waals surface area (Å²) in [4.78, 5) is 14.4. The Labute approximate surface area is 107 Å². The van der Waals surface area contributed by atoms with Gasteiger partial charge in [0.2, 0.25) is 6.41 Å². The van der Waals surface area contributed by atoms with Gasteiger partial charge >= 0.3 is 0 Å². The molecule has 0 aliphatic carbocycles. The van der Waals surface area contributed by atoms with E-state index >= 15 is 0 Å². The van der Waals surface area contributed by atoms with Gasteiger partial charge in [0, 0.05) is 31.4 Å². The molecule has 2 rings (SSSR count). The van der Waals surface area contributed by atoms with E-state index in [9.17, 15) is 4.79 Å². The van der Waals surface area contributed by atoms with E-state index in [-0.39, 0.29) is 0 Å². The van der Waals surface area contributed by atoms with E-state index in [1.165, 1.54) is 11.1 Å². The monoisotopic (exact) mass is 243 g/mol. The summed E-state index contributed by atoms with van der Waals surface area (Å²) < 4.78 is 2.11. The van der Waals surface area contributed by atoms with Crippen LogP contribution in [-0.4, -0.2) is 22.5 Å². The normalized spacial score (nSPS) is 10.3. The molecule has 0 bridgehead atoms. The Morgan fingerprint density at radius 2 is 2.11 bits per heavy atom. The predicted octanol–water partition coefficient (Wildman–Crippen LogP) is 1.53. The largest absolute Gasteiger partial charge is 0.358 e. The molecular formula is C14H17N3O. The van der Waals surface area contributed by atoms with Crippen molar-refractivity contribution in [3.8, 4) is 0 Å². The quantitative estimate of drug-likeness (QED) is 0.618. The number of hydrogen-bond donors (Lipinski definition) is 1. The highest BCUT2D eigenvalue weighted by molar-refractivity contribution is 5.45. The molecule has 18 heavy (non-hydrogen) atoms. The molecule has 0 atom stereocenters. The molecule has 0 fully saturated rings. The van der Waals surface area contributed by atoms with Crippen LogP contribution in [0.4, 0.5) is 0 Å². The van der Waals surface area contributed by atoms with Gasteiger partial charge in [0.05, 0.1) is 6.33 Å². The number of imidazole rings is 1. The number of aryl methyl sites for hydroxylation is 1. The molecular weight excluding hydrogens is 226 g/mol. The lowest BCUT2D eigenvalue weighted by Crippen LogP contribution is -2.16. The minimum atomic E-state index is 0.642. The third-order valence-corrected chi connectivity index (χ3v) is 2.88. The van der Waals surface area contributed by atoms with E-state index in [1.54, 1.807) is 0 Å². The molecule has 2 aromatic rings. The number of aromatic nitrogens is 2. The van der Waals surface area contributed by atoms with Gasteiger partial charge in [-0.2, -0.15) is 0 Å². The summed E-state index contributed by atoms with van der Waals surface area (Å²) in [5, 5.41) is 2.66. The van der Waals surface area contributed by atoms with Crippen LogP contribution in [0.5, 0.6) is 0 Å². The van der Waals surface area contributed by atoms with Gasteiger partial charge in [-0.3, -0.25) is 4.79 Å². The van der Waals surface area contributed by atoms with Crippen molar-refractivity contribution < 1.29 is 4.79 Å². The van der Waals surface area contributed by atoms with Crippen molar-refractivity contribution in [3.63, 3.8) is 0 Å². The summed E-state index contributed by atoms with van der Waals surface area (Å²) in [5.41, 5.74) is 3.65. The van der Waals surface area contributed by atoms with Crippen LogP contribution in [0.2, 0.25) is 0 Å². The Morgan fingerprint density at radius 3 is 2.83 bits per heavy atom. The van der Waals surface area contributed by atoms with Crippen molar-refractivity contribution in [1.82, 2.24) is 14.9 Å². The molecule has 1 aromatic heterocycles. The van der Waals surface area contributed by atoms with E-state index in [0.29, 0.717) is 6.54 Å². The van der Waals surface area contributed by atoms with Crippen molar-refractivity contribution in [2.24, 2.45) is 0 Å². The smallest absolute Gasteiger partial charge is 0.207 e. The molecule has 0 saturated heterocycles. The van der Waals surface area contributed by atoms with Gasteiger partial charge in [-0.1, -0.05) is 29.8 Å². The number of carbonyl (C=O) groups is 1. The lowest BCUT2D eigenvalue weighted by Gasteiger charge is -2.08. The molecule has 0 radical (unpaired) electrons. The van der Waals surface area contributed by atoms with Crippen LogP contribution in [0, 0.1) is 6.92 Å². The maximum absolute atomic E-state index is 10.2. The number of carbonyl (C=O) groups excluding carboxylic acids is 1. The first kappa shape index (κ1) is 12.4. The summed E-state index contributed by atoms with van der Waals surface area (Å²) in [6.45, 7) is 3.54. The molecule has 0 spiro atoms. The molecule has 94 valence electrons. The molecule has 1 heterocycles. The Morgan fingerprint density at radius 1 is 1.33 bits per heavy atom. The van der Waals surface area contributed by atoms with Crippen molar-refractivity contribution >= 4 is 6.41 Å². The van der Waals surface area contributed by atoms with E-state index in [2.05, 4.69) is 46.1 Å². The molecule has 1 N–H and O–H groups in total. The van der Waals surface area contributed by atoms with Gasteiger partial charge in [0.1, 0.15) is 0 Å². The van der Waals surface area contributed by atoms with Gasteiger partial charge in [-0.15, -0.1) is 0 Å². The maximum atomic E-state index is 10.2. The van der Waals surface area contributed by atoms with Gasteiger partial charge < -0.3 is 9.88 Å². The molecule has 0 aliphatic rings. The zero-order chi connectivity index (χ0) is 12.8. The molecule has 1 amide bonds. The SMILES string of the molecule is Cc1ccc(Cn2cncc2CCNC=O)cc1. The fourth-order valence-corrected chi connectivity index (χ4v) is 1.85. The molecule has 0 aliphatic heterocycles. The Bertz CT molecular complexity index is 502. The number of nitrogens with one attached hydrogen (secondary N) is 1. The molecule has 1 aromatic carbocycles. The van der Waals surface area contributed by atoms with Gasteiger partial charge in [-0.05, 0) is 12.5 Å². The third kappa shape index (κ3) is 3.20. The first-order valence-electron chi connectivity index (χ1n) is 6.01. The average Bonchev–Trinajstić information content (AvgIpc) is 2.80. The minimum absolute atomic E-state index is 0.642. The van der Waals surface area contributed by atoms with E-state index < -0.39 is 0 Å². The summed E-state index contributed by atoms with van der Waals surface area (Å²) in [6, 6.07) is 8.48. The fourth-order valence-electron chi connectivity index (χ4n) is 1.85. The number of hydrogen-bond acceptors (Lipinski definition) is 2. The molecule has 4 heteroatoms. The van der Waals surface area contributed by atoms with E-state index in [0.717, 1.165) is 25.1 Å². The second-order valence-corrected chi connectivity index (χ2v) is 4.32. The Kier molecular flexibility index (Phi) is 4.12. The maximum Gasteiger partial charge on any atom is 0.207 e. The molecule has 4 nitrogen and oxygen atoms in total. The number of benzene rings is 1. The number of amides is 1. The second-order valence-electron chi connectivity index (χ2n) is 4.32. The topological polar surface area (TPSA) is 46.9 Å². The highest BCUT2D eigenvalue weighted by Crippen LogP contribution is 2.08. The number of rotatable bonds is 6. The summed E-state index contributed by atoms with van der Waals surface area (Å²) in [5.74, 6) is 0. The van der Waals surface area contributed by atoms with Crippen LogP contribution in [0.3, 0.4) is 0 Å². The first-order valence-corrected chi connectivity index (χ1v) is 6.01.